The number of methoxy groups -OCH3 is 1. The monoisotopic (exact) mass is 527 g/mol. The van der Waals surface area contributed by atoms with E-state index in [0.717, 1.165) is 12.3 Å². The molecule has 1 saturated carbocycles. The summed E-state index contributed by atoms with van der Waals surface area (Å²) >= 11 is 6.11. The van der Waals surface area contributed by atoms with Crippen molar-refractivity contribution >= 4 is 34.4 Å². The summed E-state index contributed by atoms with van der Waals surface area (Å²) in [6, 6.07) is 0.387. The number of nitrogens with one attached hydrogen (secondary N) is 1. The van der Waals surface area contributed by atoms with E-state index in [4.69, 9.17) is 16.3 Å². The van der Waals surface area contributed by atoms with Crippen molar-refractivity contribution in [3.05, 3.63) is 35.5 Å². The lowest BCUT2D eigenvalue weighted by Crippen LogP contribution is -2.30. The SMILES string of the molecule is COC[C@H]1CC(n2cnc3c(N[C@H]4CCN(c5ncc(C(F)(F)F)cc5Cl)C4)ncnc32)[C@@H](O)[C@H]1O. The van der Waals surface area contributed by atoms with E-state index in [1.165, 1.54) is 6.33 Å². The molecule has 194 valence electrons. The van der Waals surface area contributed by atoms with Gasteiger partial charge in [-0.05, 0) is 18.9 Å². The van der Waals surface area contributed by atoms with Gasteiger partial charge in [0.25, 0.3) is 0 Å². The number of imidazole rings is 1. The molecule has 0 radical (unpaired) electrons. The average Bonchev–Trinajstić information content (AvgIpc) is 3.54. The van der Waals surface area contributed by atoms with Gasteiger partial charge in [-0.25, -0.2) is 19.9 Å². The first-order chi connectivity index (χ1) is 17.2. The molecule has 14 heteroatoms. The Morgan fingerprint density at radius 1 is 1.19 bits per heavy atom. The topological polar surface area (TPSA) is 121 Å². The number of ether oxygens (including phenoxy) is 1. The largest absolute Gasteiger partial charge is 0.417 e. The van der Waals surface area contributed by atoms with Crippen LogP contribution in [-0.4, -0.2) is 79.8 Å². The van der Waals surface area contributed by atoms with E-state index in [2.05, 4.69) is 25.3 Å². The Labute approximate surface area is 209 Å². The molecule has 1 unspecified atom stereocenters. The second kappa shape index (κ2) is 9.61. The molecular weight excluding hydrogens is 503 g/mol. The van der Waals surface area contributed by atoms with Crippen LogP contribution in [0.2, 0.25) is 5.02 Å². The summed E-state index contributed by atoms with van der Waals surface area (Å²) in [6.45, 7) is 1.33. The van der Waals surface area contributed by atoms with Crippen LogP contribution in [0, 0.1) is 5.92 Å². The fourth-order valence-corrected chi connectivity index (χ4v) is 5.32. The summed E-state index contributed by atoms with van der Waals surface area (Å²) < 4.78 is 45.7. The van der Waals surface area contributed by atoms with Crippen molar-refractivity contribution in [1.82, 2.24) is 24.5 Å². The molecule has 1 saturated heterocycles. The Bertz CT molecular complexity index is 1240. The number of fused-ring (bicyclic) bond motifs is 1. The Morgan fingerprint density at radius 3 is 2.72 bits per heavy atom. The summed E-state index contributed by atoms with van der Waals surface area (Å²) in [6.07, 6.45) is -1.47. The van der Waals surface area contributed by atoms with E-state index in [1.54, 1.807) is 18.0 Å². The minimum absolute atomic E-state index is 0.0577. The molecule has 0 bridgehead atoms. The maximum absolute atomic E-state index is 12.9. The molecule has 0 spiro atoms. The van der Waals surface area contributed by atoms with Crippen LogP contribution in [0.1, 0.15) is 24.4 Å². The zero-order valence-corrected chi connectivity index (χ0v) is 20.0. The highest BCUT2D eigenvalue weighted by molar-refractivity contribution is 6.33. The van der Waals surface area contributed by atoms with Crippen LogP contribution in [0.3, 0.4) is 0 Å². The molecule has 3 aromatic heterocycles. The molecule has 1 aliphatic carbocycles. The maximum Gasteiger partial charge on any atom is 0.417 e. The van der Waals surface area contributed by atoms with Crippen LogP contribution < -0.4 is 10.2 Å². The zero-order valence-electron chi connectivity index (χ0n) is 19.2. The first-order valence-electron chi connectivity index (χ1n) is 11.4. The number of aliphatic hydroxyl groups is 2. The lowest BCUT2D eigenvalue weighted by Gasteiger charge is -2.20. The van der Waals surface area contributed by atoms with Gasteiger partial charge in [0.1, 0.15) is 23.8 Å². The number of pyridine rings is 1. The lowest BCUT2D eigenvalue weighted by molar-refractivity contribution is -0.137. The highest BCUT2D eigenvalue weighted by atomic mass is 35.5. The second-order valence-electron chi connectivity index (χ2n) is 9.15. The molecule has 10 nitrogen and oxygen atoms in total. The van der Waals surface area contributed by atoms with E-state index < -0.39 is 30.0 Å². The normalized spacial score (nSPS) is 26.8. The van der Waals surface area contributed by atoms with Gasteiger partial charge in [0.2, 0.25) is 0 Å². The van der Waals surface area contributed by atoms with Crippen LogP contribution in [0.4, 0.5) is 24.8 Å². The quantitative estimate of drug-likeness (QED) is 0.444. The Kier molecular flexibility index (Phi) is 6.66. The van der Waals surface area contributed by atoms with Crippen molar-refractivity contribution in [2.45, 2.75) is 43.3 Å². The van der Waals surface area contributed by atoms with Crippen molar-refractivity contribution in [2.75, 3.05) is 37.0 Å². The van der Waals surface area contributed by atoms with Crippen LogP contribution in [-0.2, 0) is 10.9 Å². The minimum Gasteiger partial charge on any atom is -0.390 e. The highest BCUT2D eigenvalue weighted by Gasteiger charge is 2.43. The Balaban J connectivity index is 1.32. The number of anilines is 2. The van der Waals surface area contributed by atoms with E-state index in [-0.39, 0.29) is 17.0 Å². The van der Waals surface area contributed by atoms with E-state index in [0.29, 0.717) is 55.3 Å². The van der Waals surface area contributed by atoms with E-state index in [9.17, 15) is 23.4 Å². The lowest BCUT2D eigenvalue weighted by atomic mass is 10.1. The van der Waals surface area contributed by atoms with Crippen LogP contribution in [0.15, 0.2) is 24.9 Å². The molecule has 3 N–H and O–H groups in total. The standard InChI is InChI=1S/C22H25ClF3N7O3/c1-36-8-11-4-15(18(35)17(11)34)33-10-30-16-19(28-9-29-21(16)33)31-13-2-3-32(7-13)20-14(23)5-12(6-27-20)22(24,25)26/h5-6,9-11,13,15,17-18,34-35H,2-4,7-8H2,1H3,(H,28,29,31)/t11-,13+,15?,17+,18-/m1/s1. The van der Waals surface area contributed by atoms with Crippen molar-refractivity contribution in [2.24, 2.45) is 5.92 Å². The molecule has 2 fully saturated rings. The maximum atomic E-state index is 12.9. The van der Waals surface area contributed by atoms with Gasteiger partial charge in [-0.3, -0.25) is 0 Å². The second-order valence-corrected chi connectivity index (χ2v) is 9.56. The summed E-state index contributed by atoms with van der Waals surface area (Å²) in [5.74, 6) is 0.589. The third-order valence-corrected chi connectivity index (χ3v) is 7.12. The van der Waals surface area contributed by atoms with Gasteiger partial charge in [-0.2, -0.15) is 13.2 Å². The third-order valence-electron chi connectivity index (χ3n) is 6.85. The van der Waals surface area contributed by atoms with Crippen LogP contribution in [0.25, 0.3) is 11.2 Å². The number of hydrogen-bond donors (Lipinski definition) is 3. The number of hydrogen-bond acceptors (Lipinski definition) is 9. The smallest absolute Gasteiger partial charge is 0.390 e. The van der Waals surface area contributed by atoms with Crippen molar-refractivity contribution in [3.63, 3.8) is 0 Å². The van der Waals surface area contributed by atoms with Crippen LogP contribution >= 0.6 is 11.6 Å². The molecule has 0 aromatic carbocycles. The van der Waals surface area contributed by atoms with Gasteiger partial charge in [0.05, 0.1) is 35.7 Å². The van der Waals surface area contributed by atoms with E-state index in [1.807, 2.05) is 4.90 Å². The molecular formula is C22H25ClF3N7O3. The molecule has 2 aliphatic rings. The third kappa shape index (κ3) is 4.56. The van der Waals surface area contributed by atoms with Gasteiger partial charge in [-0.1, -0.05) is 11.6 Å². The Hall–Kier alpha value is -2.74. The molecule has 36 heavy (non-hydrogen) atoms. The number of aromatic nitrogens is 5. The van der Waals surface area contributed by atoms with Gasteiger partial charge >= 0.3 is 6.18 Å². The summed E-state index contributed by atoms with van der Waals surface area (Å²) in [5.41, 5.74) is 0.139. The first-order valence-corrected chi connectivity index (χ1v) is 11.8. The highest BCUT2D eigenvalue weighted by Crippen LogP contribution is 2.38. The minimum atomic E-state index is -4.51. The van der Waals surface area contributed by atoms with Crippen molar-refractivity contribution in [1.29, 1.82) is 0 Å². The Morgan fingerprint density at radius 2 is 2.00 bits per heavy atom. The van der Waals surface area contributed by atoms with Crippen molar-refractivity contribution in [3.8, 4) is 0 Å². The molecule has 3 aromatic rings. The molecule has 1 aliphatic heterocycles. The predicted octanol–water partition coefficient (Wildman–Crippen LogP) is 2.51. The molecule has 4 heterocycles. The molecule has 5 atom stereocenters. The average molecular weight is 528 g/mol. The predicted molar refractivity (Wildman–Crippen MR) is 125 cm³/mol. The number of rotatable bonds is 6. The van der Waals surface area contributed by atoms with E-state index >= 15 is 0 Å². The van der Waals surface area contributed by atoms with Gasteiger partial charge < -0.3 is 29.7 Å². The van der Waals surface area contributed by atoms with Gasteiger partial charge in [-0.15, -0.1) is 0 Å². The van der Waals surface area contributed by atoms with Gasteiger partial charge in [0, 0.05) is 38.4 Å². The summed E-state index contributed by atoms with van der Waals surface area (Å²) in [7, 11) is 1.55. The summed E-state index contributed by atoms with van der Waals surface area (Å²) in [4.78, 5) is 18.9. The number of aliphatic hydroxyl groups excluding tert-OH is 2. The zero-order chi connectivity index (χ0) is 25.6. The summed E-state index contributed by atoms with van der Waals surface area (Å²) in [5, 5.41) is 24.3. The number of alkyl halides is 3. The molecule has 5 rings (SSSR count). The van der Waals surface area contributed by atoms with Crippen molar-refractivity contribution < 1.29 is 28.1 Å². The van der Waals surface area contributed by atoms with Crippen LogP contribution in [0.5, 0.6) is 0 Å². The number of halogens is 4. The molecule has 0 amide bonds. The fourth-order valence-electron chi connectivity index (χ4n) is 5.04. The fraction of sp³-hybridized carbons (Fsp3) is 0.545. The first kappa shape index (κ1) is 24.9. The number of nitrogens with zero attached hydrogens (tertiary/aromatic N) is 6. The van der Waals surface area contributed by atoms with Gasteiger partial charge in [0.15, 0.2) is 11.5 Å².